The number of amides is 1. The third kappa shape index (κ3) is 60.8. The van der Waals surface area contributed by atoms with Gasteiger partial charge >= 0.3 is 18.0 Å². The summed E-state index contributed by atoms with van der Waals surface area (Å²) in [6, 6.07) is 0. The van der Waals surface area contributed by atoms with Crippen LogP contribution in [0.4, 0.5) is 4.79 Å². The molecule has 77 heavy (non-hydrogen) atoms. The molecule has 3 atom stereocenters. The third-order valence-corrected chi connectivity index (χ3v) is 15.2. The Labute approximate surface area is 478 Å². The van der Waals surface area contributed by atoms with Crippen molar-refractivity contribution in [2.24, 2.45) is 5.92 Å². The summed E-state index contributed by atoms with van der Waals surface area (Å²) < 4.78 is 17.2. The first-order valence-electron chi connectivity index (χ1n) is 33.3. The van der Waals surface area contributed by atoms with E-state index in [1.54, 1.807) is 6.92 Å². The zero-order chi connectivity index (χ0) is 56.9. The largest absolute Gasteiger partial charge is 0.465 e. The second kappa shape index (κ2) is 62.5. The minimum absolute atomic E-state index is 0.0146. The predicted molar refractivity (Wildman–Crippen MR) is 331 cm³/mol. The minimum atomic E-state index is -0.362. The lowest BCUT2D eigenvalue weighted by Gasteiger charge is -2.19. The fourth-order valence-corrected chi connectivity index (χ4v) is 9.65. The van der Waals surface area contributed by atoms with Gasteiger partial charge in [-0.15, -0.1) is 0 Å². The van der Waals surface area contributed by atoms with Crippen LogP contribution in [0.5, 0.6) is 0 Å². The molecule has 0 aromatic carbocycles. The monoisotopic (exact) mass is 1090 g/mol. The van der Waals surface area contributed by atoms with Gasteiger partial charge in [-0.3, -0.25) is 9.59 Å². The summed E-state index contributed by atoms with van der Waals surface area (Å²) in [5.74, 6) is 0.638. The van der Waals surface area contributed by atoms with E-state index in [0.29, 0.717) is 44.8 Å². The highest BCUT2D eigenvalue weighted by atomic mass is 16.6. The van der Waals surface area contributed by atoms with E-state index in [1.807, 2.05) is 7.05 Å². The molecule has 0 radical (unpaired) electrons. The molecule has 1 amide bonds. The number of esters is 2. The maximum atomic E-state index is 12.7. The Morgan fingerprint density at radius 1 is 0.442 bits per heavy atom. The van der Waals surface area contributed by atoms with Crippen molar-refractivity contribution >= 4 is 23.8 Å². The van der Waals surface area contributed by atoms with Crippen molar-refractivity contribution in [3.8, 4) is 0 Å². The van der Waals surface area contributed by atoms with Gasteiger partial charge in [0, 0.05) is 32.4 Å². The van der Waals surface area contributed by atoms with Gasteiger partial charge < -0.3 is 29.2 Å². The number of rotatable bonds is 57. The zero-order valence-corrected chi connectivity index (χ0v) is 52.5. The molecule has 0 aliphatic carbocycles. The van der Waals surface area contributed by atoms with Crippen molar-refractivity contribution in [2.45, 2.75) is 350 Å². The summed E-state index contributed by atoms with van der Waals surface area (Å²) in [7, 11) is 2.02. The zero-order valence-electron chi connectivity index (χ0n) is 52.5. The number of allylic oxidation sites excluding steroid dienone is 4. The summed E-state index contributed by atoms with van der Waals surface area (Å²) in [5, 5.41) is 2.80. The number of unbranched alkanes of at least 4 members (excludes halogenated alkanes) is 29. The standard InChI is InChI=1S/C49H92O4.C19H38N2O3/c1-5-9-12-15-18-19-20-21-22-23-24-25-27-33-38-43-48(50)52-45-46(8-4)40-35-30-28-29-34-39-44-49(51)53-47(41-36-31-17-14-11-7-3)42-37-32-26-16-13-10-6-2;1-5-7-8-9-10-11-12-18(14-13-17(3)22)24-19(23)20-15-16-21(4)6-2/h18-19,21-22,46-47H,5-17,20,23-45H2,1-4H3;18H,5-16H2,1-4H3,(H,20,23)/b19-18-,22-21-;. The Balaban J connectivity index is 0. The van der Waals surface area contributed by atoms with Crippen molar-refractivity contribution in [2.75, 3.05) is 33.3 Å². The van der Waals surface area contributed by atoms with Gasteiger partial charge in [0.2, 0.25) is 0 Å². The molecule has 0 rings (SSSR count). The smallest absolute Gasteiger partial charge is 0.407 e. The summed E-state index contributed by atoms with van der Waals surface area (Å²) in [6.45, 7) is 17.8. The van der Waals surface area contributed by atoms with Crippen LogP contribution in [0, 0.1) is 5.92 Å². The van der Waals surface area contributed by atoms with Gasteiger partial charge in [0.25, 0.3) is 0 Å². The normalized spacial score (nSPS) is 12.7. The van der Waals surface area contributed by atoms with E-state index in [0.717, 1.165) is 83.7 Å². The lowest BCUT2D eigenvalue weighted by molar-refractivity contribution is -0.150. The molecular weight excluding hydrogens is 957 g/mol. The first kappa shape index (κ1) is 76.4. The number of nitrogens with zero attached hydrogens (tertiary/aromatic N) is 1. The van der Waals surface area contributed by atoms with Crippen LogP contribution in [0.1, 0.15) is 337 Å². The highest BCUT2D eigenvalue weighted by Crippen LogP contribution is 2.21. The summed E-state index contributed by atoms with van der Waals surface area (Å²) in [6.07, 6.45) is 60.4. The summed E-state index contributed by atoms with van der Waals surface area (Å²) in [4.78, 5) is 50.2. The molecule has 9 nitrogen and oxygen atoms in total. The molecule has 0 aromatic rings. The second-order valence-electron chi connectivity index (χ2n) is 22.8. The molecule has 0 spiro atoms. The Hall–Kier alpha value is -2.68. The van der Waals surface area contributed by atoms with E-state index in [1.165, 1.54) is 193 Å². The number of nitrogens with one attached hydrogen (secondary N) is 1. The maximum absolute atomic E-state index is 12.7. The van der Waals surface area contributed by atoms with Crippen molar-refractivity contribution in [3.63, 3.8) is 0 Å². The Morgan fingerprint density at radius 2 is 0.844 bits per heavy atom. The molecule has 0 saturated heterocycles. The van der Waals surface area contributed by atoms with Gasteiger partial charge in [0.1, 0.15) is 18.0 Å². The quantitative estimate of drug-likeness (QED) is 0.0277. The van der Waals surface area contributed by atoms with Crippen molar-refractivity contribution in [1.82, 2.24) is 10.2 Å². The van der Waals surface area contributed by atoms with Gasteiger partial charge in [-0.05, 0) is 123 Å². The fourth-order valence-electron chi connectivity index (χ4n) is 9.65. The molecular formula is C68H130N2O7. The molecule has 0 aliphatic heterocycles. The molecule has 1 N–H and O–H groups in total. The predicted octanol–water partition coefficient (Wildman–Crippen LogP) is 20.4. The van der Waals surface area contributed by atoms with E-state index in [4.69, 9.17) is 14.2 Å². The topological polar surface area (TPSA) is 111 Å². The number of Topliss-reactive ketones (excluding diaryl/α,β-unsaturated/α-hetero) is 1. The Morgan fingerprint density at radius 3 is 1.31 bits per heavy atom. The molecule has 454 valence electrons. The molecule has 0 saturated carbocycles. The Kier molecular flexibility index (Phi) is 62.0. The van der Waals surface area contributed by atoms with Gasteiger partial charge in [0.15, 0.2) is 0 Å². The van der Waals surface area contributed by atoms with Gasteiger partial charge in [0.05, 0.1) is 6.61 Å². The van der Waals surface area contributed by atoms with Crippen LogP contribution in [0.3, 0.4) is 0 Å². The highest BCUT2D eigenvalue weighted by Gasteiger charge is 2.17. The maximum Gasteiger partial charge on any atom is 0.407 e. The average Bonchev–Trinajstić information content (AvgIpc) is 3.42. The van der Waals surface area contributed by atoms with Crippen LogP contribution in [-0.2, 0) is 28.6 Å². The summed E-state index contributed by atoms with van der Waals surface area (Å²) in [5.41, 5.74) is 0. The SMILES string of the molecule is CCCCC/C=C\C/C=C\CCCCCCCC(=O)OCC(CC)CCCCCCCCC(=O)OC(CCCCCCCC)CCCCCCCCC.CCCCCCCCC(CCC(C)=O)OC(=O)NCCN(C)CC. The lowest BCUT2D eigenvalue weighted by atomic mass is 9.98. The van der Waals surface area contributed by atoms with Gasteiger partial charge in [-0.25, -0.2) is 4.79 Å². The molecule has 9 heteroatoms. The average molecular weight is 1090 g/mol. The van der Waals surface area contributed by atoms with Crippen LogP contribution in [0.25, 0.3) is 0 Å². The van der Waals surface area contributed by atoms with Gasteiger partial charge in [-0.2, -0.15) is 0 Å². The number of carbonyl (C=O) groups excluding carboxylic acids is 4. The van der Waals surface area contributed by atoms with E-state index in [-0.39, 0.29) is 36.0 Å². The molecule has 3 unspecified atom stereocenters. The van der Waals surface area contributed by atoms with Crippen LogP contribution in [-0.4, -0.2) is 74.2 Å². The molecule has 0 fully saturated rings. The van der Waals surface area contributed by atoms with Gasteiger partial charge in [-0.1, -0.05) is 239 Å². The number of hydrogen-bond donors (Lipinski definition) is 1. The number of ether oxygens (including phenoxy) is 3. The number of alkyl carbamates (subject to hydrolysis) is 1. The number of carbonyl (C=O) groups is 4. The first-order valence-corrected chi connectivity index (χ1v) is 33.3. The van der Waals surface area contributed by atoms with Crippen LogP contribution in [0.15, 0.2) is 24.3 Å². The summed E-state index contributed by atoms with van der Waals surface area (Å²) >= 11 is 0. The van der Waals surface area contributed by atoms with Crippen LogP contribution in [0.2, 0.25) is 0 Å². The van der Waals surface area contributed by atoms with Crippen LogP contribution >= 0.6 is 0 Å². The minimum Gasteiger partial charge on any atom is -0.465 e. The van der Waals surface area contributed by atoms with Crippen molar-refractivity contribution in [3.05, 3.63) is 24.3 Å². The van der Waals surface area contributed by atoms with E-state index in [2.05, 4.69) is 76.1 Å². The lowest BCUT2D eigenvalue weighted by Crippen LogP contribution is -2.35. The second-order valence-corrected chi connectivity index (χ2v) is 22.8. The van der Waals surface area contributed by atoms with E-state index >= 15 is 0 Å². The first-order chi connectivity index (χ1) is 37.6. The van der Waals surface area contributed by atoms with Crippen molar-refractivity contribution in [1.29, 1.82) is 0 Å². The fraction of sp³-hybridized carbons (Fsp3) is 0.882. The number of likely N-dealkylation sites (N-methyl/N-ethyl adjacent to an activating group) is 1. The Bertz CT molecular complexity index is 1340. The van der Waals surface area contributed by atoms with E-state index in [9.17, 15) is 19.2 Å². The number of ketones is 1. The van der Waals surface area contributed by atoms with E-state index < -0.39 is 0 Å². The third-order valence-electron chi connectivity index (χ3n) is 15.2. The molecule has 0 heterocycles. The number of hydrogen-bond acceptors (Lipinski definition) is 8. The molecule has 0 aliphatic rings. The highest BCUT2D eigenvalue weighted by molar-refractivity contribution is 5.75. The van der Waals surface area contributed by atoms with Crippen LogP contribution < -0.4 is 5.32 Å². The molecule has 0 aromatic heterocycles. The molecule has 0 bridgehead atoms. The van der Waals surface area contributed by atoms with Crippen molar-refractivity contribution < 1.29 is 33.4 Å².